The number of fused-ring (bicyclic) bond motifs is 1. The highest BCUT2D eigenvalue weighted by atomic mass is 16.1. The minimum atomic E-state index is 0.0323. The number of rotatable bonds is 6. The summed E-state index contributed by atoms with van der Waals surface area (Å²) in [5.41, 5.74) is 8.55. The molecule has 116 valence electrons. The van der Waals surface area contributed by atoms with Gasteiger partial charge in [0.15, 0.2) is 5.65 Å². The van der Waals surface area contributed by atoms with E-state index in [0.29, 0.717) is 18.9 Å². The lowest BCUT2D eigenvalue weighted by molar-refractivity contribution is -0.121. The van der Waals surface area contributed by atoms with E-state index in [4.69, 9.17) is 5.73 Å². The zero-order valence-electron chi connectivity index (χ0n) is 13.2. The zero-order chi connectivity index (χ0) is 15.6. The van der Waals surface area contributed by atoms with Crippen LogP contribution in [0.2, 0.25) is 0 Å². The number of aromatic nitrogens is 4. The van der Waals surface area contributed by atoms with Crippen molar-refractivity contribution in [2.75, 3.05) is 5.73 Å². The first-order valence-electron chi connectivity index (χ1n) is 7.46. The van der Waals surface area contributed by atoms with E-state index in [1.807, 2.05) is 36.9 Å². The smallest absolute Gasteiger partial charge is 0.222 e. The predicted octanol–water partition coefficient (Wildman–Crippen LogP) is 1.45. The van der Waals surface area contributed by atoms with Crippen LogP contribution in [0.3, 0.4) is 0 Å². The maximum absolute atomic E-state index is 11.9. The van der Waals surface area contributed by atoms with Crippen LogP contribution in [0.5, 0.6) is 0 Å². The monoisotopic (exact) mass is 292 g/mol. The van der Waals surface area contributed by atoms with Gasteiger partial charge >= 0.3 is 0 Å². The highest BCUT2D eigenvalue weighted by Gasteiger charge is 2.17. The summed E-state index contributed by atoms with van der Waals surface area (Å²) in [6, 6.07) is 0.195. The van der Waals surface area contributed by atoms with Gasteiger partial charge in [0, 0.05) is 25.6 Å². The highest BCUT2D eigenvalue weighted by Crippen LogP contribution is 2.21. The van der Waals surface area contributed by atoms with Crippen molar-refractivity contribution in [3.8, 4) is 0 Å². The molecule has 1 unspecified atom stereocenters. The Bertz CT molecular complexity index is 641. The van der Waals surface area contributed by atoms with Gasteiger partial charge in [-0.25, -0.2) is 9.67 Å². The number of anilines is 1. The lowest BCUT2D eigenvalue weighted by atomic mass is 10.2. The van der Waals surface area contributed by atoms with Gasteiger partial charge in [-0.3, -0.25) is 9.36 Å². The molecule has 7 heteroatoms. The summed E-state index contributed by atoms with van der Waals surface area (Å²) < 4.78 is 3.75. The summed E-state index contributed by atoms with van der Waals surface area (Å²) in [7, 11) is 0. The summed E-state index contributed by atoms with van der Waals surface area (Å²) in [6.07, 6.45) is 1.30. The quantitative estimate of drug-likeness (QED) is 0.843. The number of carbonyl (C=O) groups is 1. The van der Waals surface area contributed by atoms with Gasteiger partial charge in [0.2, 0.25) is 11.9 Å². The molecular weight excluding hydrogens is 268 g/mol. The van der Waals surface area contributed by atoms with E-state index in [9.17, 15) is 4.79 Å². The fourth-order valence-corrected chi connectivity index (χ4v) is 2.34. The van der Waals surface area contributed by atoms with Crippen molar-refractivity contribution in [1.29, 1.82) is 0 Å². The Morgan fingerprint density at radius 3 is 2.76 bits per heavy atom. The van der Waals surface area contributed by atoms with Crippen molar-refractivity contribution in [3.63, 3.8) is 0 Å². The van der Waals surface area contributed by atoms with E-state index < -0.39 is 0 Å². The van der Waals surface area contributed by atoms with E-state index >= 15 is 0 Å². The van der Waals surface area contributed by atoms with Gasteiger partial charge in [-0.2, -0.15) is 5.10 Å². The van der Waals surface area contributed by atoms with Gasteiger partial charge in [-0.15, -0.1) is 0 Å². The zero-order valence-corrected chi connectivity index (χ0v) is 13.2. The number of hydrogen-bond acceptors (Lipinski definition) is 4. The van der Waals surface area contributed by atoms with Crippen LogP contribution in [0, 0.1) is 6.92 Å². The Morgan fingerprint density at radius 1 is 1.43 bits per heavy atom. The number of carbonyl (C=O) groups excluding carboxylic acids is 1. The molecule has 1 amide bonds. The molecule has 0 aliphatic carbocycles. The number of aryl methyl sites for hydroxylation is 3. The van der Waals surface area contributed by atoms with Gasteiger partial charge in [0.05, 0.1) is 5.69 Å². The van der Waals surface area contributed by atoms with Gasteiger partial charge < -0.3 is 11.1 Å². The Balaban J connectivity index is 2.18. The van der Waals surface area contributed by atoms with E-state index in [1.165, 1.54) is 0 Å². The molecule has 2 heterocycles. The van der Waals surface area contributed by atoms with Crippen LogP contribution in [0.15, 0.2) is 0 Å². The molecule has 0 aromatic carbocycles. The Hall–Kier alpha value is -2.05. The van der Waals surface area contributed by atoms with Crippen molar-refractivity contribution < 1.29 is 4.79 Å². The van der Waals surface area contributed by atoms with E-state index in [1.54, 1.807) is 0 Å². The van der Waals surface area contributed by atoms with Crippen LogP contribution >= 0.6 is 0 Å². The predicted molar refractivity (Wildman–Crippen MR) is 82.9 cm³/mol. The summed E-state index contributed by atoms with van der Waals surface area (Å²) >= 11 is 0. The fourth-order valence-electron chi connectivity index (χ4n) is 2.34. The van der Waals surface area contributed by atoms with Crippen molar-refractivity contribution >= 4 is 23.0 Å². The Kier molecular flexibility index (Phi) is 4.50. The highest BCUT2D eigenvalue weighted by molar-refractivity contribution is 5.79. The molecule has 3 N–H and O–H groups in total. The molecule has 0 radical (unpaired) electrons. The molecule has 0 aliphatic rings. The maximum Gasteiger partial charge on any atom is 0.222 e. The second-order valence-electron chi connectivity index (χ2n) is 5.32. The largest absolute Gasteiger partial charge is 0.369 e. The SMILES string of the molecule is CCC(C)NC(=O)CCn1c(N)nc2c(C)nn(CC)c21. The Labute approximate surface area is 124 Å². The first-order valence-corrected chi connectivity index (χ1v) is 7.46. The summed E-state index contributed by atoms with van der Waals surface area (Å²) in [4.78, 5) is 16.3. The summed E-state index contributed by atoms with van der Waals surface area (Å²) in [5.74, 6) is 0.467. The number of amides is 1. The average molecular weight is 292 g/mol. The Morgan fingerprint density at radius 2 is 2.14 bits per heavy atom. The number of nitrogen functional groups attached to an aromatic ring is 1. The number of nitrogens with zero attached hydrogens (tertiary/aromatic N) is 4. The van der Waals surface area contributed by atoms with Crippen LogP contribution in [-0.4, -0.2) is 31.3 Å². The van der Waals surface area contributed by atoms with Gasteiger partial charge in [0.1, 0.15) is 5.52 Å². The van der Waals surface area contributed by atoms with E-state index in [2.05, 4.69) is 15.4 Å². The maximum atomic E-state index is 11.9. The lowest BCUT2D eigenvalue weighted by Gasteiger charge is -2.12. The van der Waals surface area contributed by atoms with Crippen molar-refractivity contribution in [2.24, 2.45) is 0 Å². The summed E-state index contributed by atoms with van der Waals surface area (Å²) in [6.45, 7) is 9.24. The molecule has 0 bridgehead atoms. The molecule has 2 rings (SSSR count). The number of nitrogens with two attached hydrogens (primary N) is 1. The molecule has 0 saturated heterocycles. The van der Waals surface area contributed by atoms with E-state index in [0.717, 1.165) is 29.8 Å². The first kappa shape index (κ1) is 15.3. The lowest BCUT2D eigenvalue weighted by Crippen LogP contribution is -2.32. The molecule has 0 aliphatic heterocycles. The van der Waals surface area contributed by atoms with Crippen LogP contribution in [0.4, 0.5) is 5.95 Å². The van der Waals surface area contributed by atoms with Crippen molar-refractivity contribution in [3.05, 3.63) is 5.69 Å². The van der Waals surface area contributed by atoms with Crippen LogP contribution < -0.4 is 11.1 Å². The molecule has 0 fully saturated rings. The molecule has 0 spiro atoms. The van der Waals surface area contributed by atoms with Gasteiger partial charge in [-0.05, 0) is 27.2 Å². The number of hydrogen-bond donors (Lipinski definition) is 2. The molecule has 7 nitrogen and oxygen atoms in total. The second-order valence-corrected chi connectivity index (χ2v) is 5.32. The van der Waals surface area contributed by atoms with Crippen LogP contribution in [-0.2, 0) is 17.9 Å². The fraction of sp³-hybridized carbons (Fsp3) is 0.643. The second kappa shape index (κ2) is 6.15. The third-order valence-corrected chi connectivity index (χ3v) is 3.71. The van der Waals surface area contributed by atoms with Crippen molar-refractivity contribution in [1.82, 2.24) is 24.6 Å². The molecule has 2 aromatic rings. The standard InChI is InChI=1S/C14H24N6O/c1-5-9(3)16-11(21)7-8-19-13-12(17-14(19)15)10(4)18-20(13)6-2/h9H,5-8H2,1-4H3,(H2,15,17)(H,16,21). The molecule has 21 heavy (non-hydrogen) atoms. The topological polar surface area (TPSA) is 90.8 Å². The van der Waals surface area contributed by atoms with Gasteiger partial charge in [0.25, 0.3) is 0 Å². The molecular formula is C14H24N6O. The molecule has 1 atom stereocenters. The summed E-state index contributed by atoms with van der Waals surface area (Å²) in [5, 5.41) is 7.39. The minimum Gasteiger partial charge on any atom is -0.369 e. The van der Waals surface area contributed by atoms with Crippen LogP contribution in [0.1, 0.15) is 39.3 Å². The average Bonchev–Trinajstić information content (AvgIpc) is 2.93. The third kappa shape index (κ3) is 3.01. The third-order valence-electron chi connectivity index (χ3n) is 3.71. The first-order chi connectivity index (χ1) is 9.97. The van der Waals surface area contributed by atoms with Crippen molar-refractivity contribution in [2.45, 2.75) is 59.7 Å². The van der Waals surface area contributed by atoms with E-state index in [-0.39, 0.29) is 11.9 Å². The molecule has 0 saturated carbocycles. The van der Waals surface area contributed by atoms with Crippen LogP contribution in [0.25, 0.3) is 11.2 Å². The number of nitrogens with one attached hydrogen (secondary N) is 1. The molecule has 2 aromatic heterocycles. The normalized spacial score (nSPS) is 12.8. The number of imidazole rings is 1. The minimum absolute atomic E-state index is 0.0323. The van der Waals surface area contributed by atoms with Gasteiger partial charge in [-0.1, -0.05) is 6.92 Å².